The molecule has 0 fully saturated rings. The van der Waals surface area contributed by atoms with E-state index in [-0.39, 0.29) is 0 Å². The van der Waals surface area contributed by atoms with E-state index in [1.807, 2.05) is 11.8 Å². The predicted octanol–water partition coefficient (Wildman–Crippen LogP) is 12.9. The molecule has 0 spiro atoms. The first-order chi connectivity index (χ1) is 22.3. The molecule has 0 nitrogen and oxygen atoms in total. The van der Waals surface area contributed by atoms with Crippen molar-refractivity contribution in [1.82, 2.24) is 0 Å². The Morgan fingerprint density at radius 1 is 0.311 bits per heavy atom. The molecule has 9 aromatic rings. The first kappa shape index (κ1) is 25.0. The first-order valence-electron chi connectivity index (χ1n) is 15.5. The molecular weight excluding hydrogens is 561 g/mol. The lowest BCUT2D eigenvalue weighted by molar-refractivity contribution is 1.40. The van der Waals surface area contributed by atoms with Crippen LogP contribution in [0, 0.1) is 0 Å². The van der Waals surface area contributed by atoms with Crippen LogP contribution in [0.4, 0.5) is 0 Å². The van der Waals surface area contributed by atoms with Gasteiger partial charge in [-0.3, -0.25) is 0 Å². The SMILES string of the molecule is c1ccc2c(-c3c4ccccc4c(-c4ccc5c(c4)-c4cccc6cccc(c46)S5)c4c3ccc3ccccc34)cccc2c1. The minimum absolute atomic E-state index is 1.26. The molecule has 0 unspecified atom stereocenters. The summed E-state index contributed by atoms with van der Waals surface area (Å²) in [4.78, 5) is 2.65. The largest absolute Gasteiger partial charge is 0.0888 e. The van der Waals surface area contributed by atoms with Crippen molar-refractivity contribution in [3.8, 4) is 33.4 Å². The molecule has 0 N–H and O–H groups in total. The summed E-state index contributed by atoms with van der Waals surface area (Å²) in [6.07, 6.45) is 0. The van der Waals surface area contributed by atoms with Crippen LogP contribution >= 0.6 is 11.8 Å². The van der Waals surface area contributed by atoms with Crippen LogP contribution in [0.15, 0.2) is 168 Å². The normalized spacial score (nSPS) is 12.4. The van der Waals surface area contributed by atoms with Crippen molar-refractivity contribution in [3.63, 3.8) is 0 Å². The summed E-state index contributed by atoms with van der Waals surface area (Å²) in [5, 5.41) is 12.9. The summed E-state index contributed by atoms with van der Waals surface area (Å²) in [6, 6.07) is 58.6. The van der Waals surface area contributed by atoms with Crippen LogP contribution < -0.4 is 0 Å². The van der Waals surface area contributed by atoms with E-state index in [0.717, 1.165) is 0 Å². The van der Waals surface area contributed by atoms with E-state index in [1.54, 1.807) is 0 Å². The summed E-state index contributed by atoms with van der Waals surface area (Å²) in [5.41, 5.74) is 7.79. The fraction of sp³-hybridized carbons (Fsp3) is 0. The van der Waals surface area contributed by atoms with Crippen molar-refractivity contribution in [2.45, 2.75) is 9.79 Å². The van der Waals surface area contributed by atoms with Crippen molar-refractivity contribution >= 4 is 65.6 Å². The summed E-state index contributed by atoms with van der Waals surface area (Å²) >= 11 is 1.89. The summed E-state index contributed by atoms with van der Waals surface area (Å²) in [5.74, 6) is 0. The molecule has 1 aliphatic heterocycles. The lowest BCUT2D eigenvalue weighted by atomic mass is 9.82. The third-order valence-corrected chi connectivity index (χ3v) is 10.8. The molecule has 0 aromatic heterocycles. The van der Waals surface area contributed by atoms with Crippen molar-refractivity contribution in [2.75, 3.05) is 0 Å². The maximum Gasteiger partial charge on any atom is 0.0207 e. The van der Waals surface area contributed by atoms with Crippen LogP contribution in [-0.4, -0.2) is 0 Å². The molecule has 1 heteroatoms. The average Bonchev–Trinajstić information content (AvgIpc) is 3.10. The Hall–Kier alpha value is -5.37. The van der Waals surface area contributed by atoms with Gasteiger partial charge in [0.1, 0.15) is 0 Å². The highest BCUT2D eigenvalue weighted by molar-refractivity contribution is 7.99. The molecule has 0 aliphatic carbocycles. The monoisotopic (exact) mass is 586 g/mol. The van der Waals surface area contributed by atoms with E-state index in [1.165, 1.54) is 97.0 Å². The molecule has 9 aromatic carbocycles. The van der Waals surface area contributed by atoms with Gasteiger partial charge in [0, 0.05) is 15.2 Å². The summed E-state index contributed by atoms with van der Waals surface area (Å²) in [7, 11) is 0. The topological polar surface area (TPSA) is 0 Å². The molecule has 0 saturated heterocycles. The van der Waals surface area contributed by atoms with E-state index in [4.69, 9.17) is 0 Å². The van der Waals surface area contributed by atoms with Gasteiger partial charge in [-0.15, -0.1) is 0 Å². The van der Waals surface area contributed by atoms with Crippen molar-refractivity contribution in [3.05, 3.63) is 158 Å². The third kappa shape index (κ3) is 3.62. The second-order valence-corrected chi connectivity index (χ2v) is 13.1. The van der Waals surface area contributed by atoms with Gasteiger partial charge in [-0.05, 0) is 100 Å². The molecule has 45 heavy (non-hydrogen) atoms. The quantitative estimate of drug-likeness (QED) is 0.143. The van der Waals surface area contributed by atoms with Gasteiger partial charge in [0.15, 0.2) is 0 Å². The van der Waals surface area contributed by atoms with Gasteiger partial charge in [0.25, 0.3) is 0 Å². The Morgan fingerprint density at radius 3 is 1.76 bits per heavy atom. The van der Waals surface area contributed by atoms with Crippen molar-refractivity contribution in [1.29, 1.82) is 0 Å². The molecule has 1 heterocycles. The van der Waals surface area contributed by atoms with E-state index in [0.29, 0.717) is 0 Å². The van der Waals surface area contributed by atoms with Crippen LogP contribution in [0.5, 0.6) is 0 Å². The Kier molecular flexibility index (Phi) is 5.31. The molecule has 10 rings (SSSR count). The number of hydrogen-bond donors (Lipinski definition) is 0. The standard InChI is InChI=1S/C44H26S/c1-3-15-31-27(10-1)12-7-19-33(31)43-35-18-6-5-17-34(35)42(44-32-16-4-2-11-28(32)22-24-37(43)44)30-23-25-39-38(26-30)36-20-8-13-29-14-9-21-40(45-39)41(29)36/h1-26H. The van der Waals surface area contributed by atoms with Crippen LogP contribution in [0.25, 0.3) is 87.2 Å². The van der Waals surface area contributed by atoms with Crippen LogP contribution in [0.1, 0.15) is 0 Å². The molecular formula is C44H26S. The fourth-order valence-corrected chi connectivity index (χ4v) is 8.83. The fourth-order valence-electron chi connectivity index (χ4n) is 7.70. The van der Waals surface area contributed by atoms with Crippen molar-refractivity contribution < 1.29 is 0 Å². The molecule has 208 valence electrons. The van der Waals surface area contributed by atoms with E-state index in [2.05, 4.69) is 158 Å². The Balaban J connectivity index is 1.37. The van der Waals surface area contributed by atoms with Gasteiger partial charge >= 0.3 is 0 Å². The molecule has 0 bridgehead atoms. The molecule has 0 atom stereocenters. The van der Waals surface area contributed by atoms with Gasteiger partial charge < -0.3 is 0 Å². The molecule has 1 aliphatic rings. The van der Waals surface area contributed by atoms with E-state index >= 15 is 0 Å². The minimum Gasteiger partial charge on any atom is -0.0888 e. The number of rotatable bonds is 2. The highest BCUT2D eigenvalue weighted by Crippen LogP contribution is 2.51. The molecule has 0 saturated carbocycles. The van der Waals surface area contributed by atoms with Crippen molar-refractivity contribution in [2.24, 2.45) is 0 Å². The zero-order valence-electron chi connectivity index (χ0n) is 24.4. The van der Waals surface area contributed by atoms with Gasteiger partial charge in [-0.1, -0.05) is 151 Å². The molecule has 0 amide bonds. The van der Waals surface area contributed by atoms with Crippen LogP contribution in [0.2, 0.25) is 0 Å². The van der Waals surface area contributed by atoms with Gasteiger partial charge in [-0.2, -0.15) is 0 Å². The van der Waals surface area contributed by atoms with Gasteiger partial charge in [0.05, 0.1) is 0 Å². The smallest absolute Gasteiger partial charge is 0.0207 e. The lowest BCUT2D eigenvalue weighted by Crippen LogP contribution is -1.95. The number of hydrogen-bond acceptors (Lipinski definition) is 1. The first-order valence-corrected chi connectivity index (χ1v) is 16.3. The Labute approximate surface area is 265 Å². The van der Waals surface area contributed by atoms with Gasteiger partial charge in [0.2, 0.25) is 0 Å². The van der Waals surface area contributed by atoms with Crippen LogP contribution in [0.3, 0.4) is 0 Å². The second kappa shape index (κ2) is 9.56. The zero-order chi connectivity index (χ0) is 29.5. The third-order valence-electron chi connectivity index (χ3n) is 9.62. The molecule has 0 radical (unpaired) electrons. The second-order valence-electron chi connectivity index (χ2n) is 12.0. The maximum atomic E-state index is 2.45. The highest BCUT2D eigenvalue weighted by atomic mass is 32.2. The summed E-state index contributed by atoms with van der Waals surface area (Å²) in [6.45, 7) is 0. The number of benzene rings is 9. The summed E-state index contributed by atoms with van der Waals surface area (Å²) < 4.78 is 0. The average molecular weight is 587 g/mol. The maximum absolute atomic E-state index is 2.45. The number of fused-ring (bicyclic) bond motifs is 7. The predicted molar refractivity (Wildman–Crippen MR) is 194 cm³/mol. The van der Waals surface area contributed by atoms with E-state index < -0.39 is 0 Å². The minimum atomic E-state index is 1.26. The Bertz CT molecular complexity index is 2670. The lowest BCUT2D eigenvalue weighted by Gasteiger charge is -2.23. The highest BCUT2D eigenvalue weighted by Gasteiger charge is 2.23. The van der Waals surface area contributed by atoms with Crippen LogP contribution in [-0.2, 0) is 0 Å². The van der Waals surface area contributed by atoms with Gasteiger partial charge in [-0.25, -0.2) is 0 Å². The van der Waals surface area contributed by atoms with E-state index in [9.17, 15) is 0 Å². The Morgan fingerprint density at radius 2 is 0.933 bits per heavy atom. The zero-order valence-corrected chi connectivity index (χ0v) is 25.2.